The second-order valence-corrected chi connectivity index (χ2v) is 7.12. The summed E-state index contributed by atoms with van der Waals surface area (Å²) in [6.45, 7) is 0. The van der Waals surface area contributed by atoms with Crippen LogP contribution in [0.3, 0.4) is 0 Å². The Hall–Kier alpha value is -4.39. The Labute approximate surface area is 191 Å². The number of aromatic nitrogens is 1. The zero-order valence-electron chi connectivity index (χ0n) is 18.5. The molecule has 3 aromatic carbocycles. The van der Waals surface area contributed by atoms with Crippen molar-refractivity contribution in [1.82, 2.24) is 10.4 Å². The number of amides is 1. The van der Waals surface area contributed by atoms with Crippen molar-refractivity contribution in [2.75, 3.05) is 21.3 Å². The number of hydrogen-bond acceptors (Lipinski definition) is 6. The number of hydrazone groups is 1. The van der Waals surface area contributed by atoms with Gasteiger partial charge in [-0.2, -0.15) is 5.10 Å². The van der Waals surface area contributed by atoms with Crippen LogP contribution in [-0.4, -0.2) is 38.4 Å². The maximum atomic E-state index is 13.1. The van der Waals surface area contributed by atoms with Gasteiger partial charge in [-0.15, -0.1) is 0 Å². The van der Waals surface area contributed by atoms with Crippen LogP contribution in [0.1, 0.15) is 15.9 Å². The van der Waals surface area contributed by atoms with E-state index >= 15 is 0 Å². The normalized spacial score (nSPS) is 10.9. The van der Waals surface area contributed by atoms with Crippen LogP contribution in [0.25, 0.3) is 22.2 Å². The Morgan fingerprint density at radius 1 is 0.879 bits per heavy atom. The van der Waals surface area contributed by atoms with E-state index in [9.17, 15) is 4.79 Å². The van der Waals surface area contributed by atoms with Crippen molar-refractivity contribution in [3.05, 3.63) is 83.9 Å². The molecule has 0 radical (unpaired) electrons. The average molecular weight is 441 g/mol. The van der Waals surface area contributed by atoms with Crippen LogP contribution in [0, 0.1) is 0 Å². The Morgan fingerprint density at radius 3 is 2.39 bits per heavy atom. The smallest absolute Gasteiger partial charge is 0.272 e. The van der Waals surface area contributed by atoms with Crippen molar-refractivity contribution in [2.24, 2.45) is 5.10 Å². The lowest BCUT2D eigenvalue weighted by molar-refractivity contribution is 0.0956. The molecule has 0 aliphatic carbocycles. The molecule has 0 aliphatic heterocycles. The van der Waals surface area contributed by atoms with E-state index in [4.69, 9.17) is 19.2 Å². The fraction of sp³-hybridized carbons (Fsp3) is 0.115. The number of methoxy groups -OCH3 is 3. The van der Waals surface area contributed by atoms with Gasteiger partial charge in [0.2, 0.25) is 0 Å². The van der Waals surface area contributed by atoms with E-state index in [2.05, 4.69) is 10.5 Å². The zero-order valence-corrected chi connectivity index (χ0v) is 18.5. The molecule has 0 bridgehead atoms. The van der Waals surface area contributed by atoms with Gasteiger partial charge in [0.15, 0.2) is 11.5 Å². The van der Waals surface area contributed by atoms with Gasteiger partial charge in [0, 0.05) is 10.9 Å². The first-order valence-electron chi connectivity index (χ1n) is 10.2. The van der Waals surface area contributed by atoms with Gasteiger partial charge >= 0.3 is 0 Å². The summed E-state index contributed by atoms with van der Waals surface area (Å²) >= 11 is 0. The first-order valence-corrected chi connectivity index (χ1v) is 10.2. The lowest BCUT2D eigenvalue weighted by atomic mass is 10.0. The number of ether oxygens (including phenoxy) is 3. The monoisotopic (exact) mass is 441 g/mol. The van der Waals surface area contributed by atoms with Crippen LogP contribution < -0.4 is 19.6 Å². The Kier molecular flexibility index (Phi) is 6.50. The highest BCUT2D eigenvalue weighted by molar-refractivity contribution is 6.07. The molecule has 0 spiro atoms. The second kappa shape index (κ2) is 9.82. The molecule has 4 rings (SSSR count). The van der Waals surface area contributed by atoms with Crippen molar-refractivity contribution in [2.45, 2.75) is 0 Å². The standard InChI is InChI=1S/C26H23N3O4/c1-31-19-10-11-22-20(14-19)21(15-23(28-22)18-7-5-4-6-8-18)26(30)29-27-16-17-9-12-24(32-2)25(13-17)33-3/h4-16H,1-3H3,(H,29,30). The first-order chi connectivity index (χ1) is 16.1. The fourth-order valence-electron chi connectivity index (χ4n) is 3.44. The molecule has 1 N–H and O–H groups in total. The maximum Gasteiger partial charge on any atom is 0.272 e. The maximum absolute atomic E-state index is 13.1. The van der Waals surface area contributed by atoms with Crippen LogP contribution >= 0.6 is 0 Å². The first kappa shape index (κ1) is 21.8. The summed E-state index contributed by atoms with van der Waals surface area (Å²) in [7, 11) is 4.72. The minimum Gasteiger partial charge on any atom is -0.497 e. The molecule has 4 aromatic rings. The molecular formula is C26H23N3O4. The summed E-state index contributed by atoms with van der Waals surface area (Å²) in [4.78, 5) is 17.8. The second-order valence-electron chi connectivity index (χ2n) is 7.12. The molecule has 1 amide bonds. The number of fused-ring (bicyclic) bond motifs is 1. The SMILES string of the molecule is COc1ccc2nc(-c3ccccc3)cc(C(=O)NN=Cc3ccc(OC)c(OC)c3)c2c1. The molecular weight excluding hydrogens is 418 g/mol. The number of benzene rings is 3. The number of pyridine rings is 1. The van der Waals surface area contributed by atoms with Gasteiger partial charge in [0.25, 0.3) is 5.91 Å². The third-order valence-corrected chi connectivity index (χ3v) is 5.12. The summed E-state index contributed by atoms with van der Waals surface area (Å²) in [5, 5.41) is 4.80. The van der Waals surface area contributed by atoms with Crippen molar-refractivity contribution < 1.29 is 19.0 Å². The Morgan fingerprint density at radius 2 is 1.67 bits per heavy atom. The number of hydrogen-bond donors (Lipinski definition) is 1. The van der Waals surface area contributed by atoms with Gasteiger partial charge < -0.3 is 14.2 Å². The van der Waals surface area contributed by atoms with Crippen molar-refractivity contribution in [3.63, 3.8) is 0 Å². The van der Waals surface area contributed by atoms with E-state index in [1.807, 2.05) is 48.5 Å². The Balaban J connectivity index is 1.67. The molecule has 0 saturated heterocycles. The van der Waals surface area contributed by atoms with Crippen LogP contribution in [-0.2, 0) is 0 Å². The van der Waals surface area contributed by atoms with Crippen molar-refractivity contribution in [3.8, 4) is 28.5 Å². The van der Waals surface area contributed by atoms with Crippen LogP contribution in [0.4, 0.5) is 0 Å². The molecule has 0 unspecified atom stereocenters. The third kappa shape index (κ3) is 4.77. The lowest BCUT2D eigenvalue weighted by Gasteiger charge is -2.10. The molecule has 1 aromatic heterocycles. The van der Waals surface area contributed by atoms with Crippen molar-refractivity contribution in [1.29, 1.82) is 0 Å². The minimum atomic E-state index is -0.357. The van der Waals surface area contributed by atoms with Gasteiger partial charge in [-0.1, -0.05) is 30.3 Å². The number of nitrogens with one attached hydrogen (secondary N) is 1. The summed E-state index contributed by atoms with van der Waals surface area (Å²) in [6.07, 6.45) is 1.54. The van der Waals surface area contributed by atoms with Gasteiger partial charge in [-0.3, -0.25) is 4.79 Å². The number of rotatable bonds is 7. The molecule has 0 atom stereocenters. The lowest BCUT2D eigenvalue weighted by Crippen LogP contribution is -2.18. The molecule has 0 saturated carbocycles. The van der Waals surface area contributed by atoms with Gasteiger partial charge in [0.1, 0.15) is 5.75 Å². The van der Waals surface area contributed by atoms with Gasteiger partial charge in [-0.25, -0.2) is 10.4 Å². The van der Waals surface area contributed by atoms with E-state index in [1.54, 1.807) is 51.8 Å². The van der Waals surface area contributed by atoms with Gasteiger partial charge in [-0.05, 0) is 48.0 Å². The van der Waals surface area contributed by atoms with E-state index < -0.39 is 0 Å². The van der Waals surface area contributed by atoms with Crippen LogP contribution in [0.2, 0.25) is 0 Å². The number of carbonyl (C=O) groups excluding carboxylic acids is 1. The molecule has 0 aliphatic rings. The van der Waals surface area contributed by atoms with E-state index in [1.165, 1.54) is 0 Å². The fourth-order valence-corrected chi connectivity index (χ4v) is 3.44. The highest BCUT2D eigenvalue weighted by Gasteiger charge is 2.15. The predicted octanol–water partition coefficient (Wildman–Crippen LogP) is 4.69. The topological polar surface area (TPSA) is 82.0 Å². The molecule has 166 valence electrons. The van der Waals surface area contributed by atoms with Crippen molar-refractivity contribution >= 4 is 23.0 Å². The van der Waals surface area contributed by atoms with E-state index in [0.29, 0.717) is 39.4 Å². The van der Waals surface area contributed by atoms with Crippen LogP contribution in [0.5, 0.6) is 17.2 Å². The third-order valence-electron chi connectivity index (χ3n) is 5.12. The van der Waals surface area contributed by atoms with E-state index in [-0.39, 0.29) is 5.91 Å². The number of carbonyl (C=O) groups is 1. The average Bonchev–Trinajstić information content (AvgIpc) is 2.87. The summed E-state index contributed by atoms with van der Waals surface area (Å²) in [6, 6.07) is 22.3. The Bertz CT molecular complexity index is 1320. The van der Waals surface area contributed by atoms with Crippen LogP contribution in [0.15, 0.2) is 77.9 Å². The molecule has 7 heteroatoms. The zero-order chi connectivity index (χ0) is 23.2. The minimum absolute atomic E-state index is 0.357. The summed E-state index contributed by atoms with van der Waals surface area (Å²) < 4.78 is 15.9. The van der Waals surface area contributed by atoms with E-state index in [0.717, 1.165) is 11.1 Å². The molecule has 7 nitrogen and oxygen atoms in total. The predicted molar refractivity (Wildman–Crippen MR) is 128 cm³/mol. The quantitative estimate of drug-likeness (QED) is 0.332. The molecule has 33 heavy (non-hydrogen) atoms. The molecule has 0 fully saturated rings. The summed E-state index contributed by atoms with van der Waals surface area (Å²) in [5.41, 5.74) is 6.11. The highest BCUT2D eigenvalue weighted by atomic mass is 16.5. The van der Waals surface area contributed by atoms with Gasteiger partial charge in [0.05, 0.1) is 44.3 Å². The summed E-state index contributed by atoms with van der Waals surface area (Å²) in [5.74, 6) is 1.47. The largest absolute Gasteiger partial charge is 0.497 e. The highest BCUT2D eigenvalue weighted by Crippen LogP contribution is 2.28. The molecule has 1 heterocycles. The number of nitrogens with zero attached hydrogens (tertiary/aromatic N) is 2.